The highest BCUT2D eigenvalue weighted by atomic mass is 16.2. The Hall–Kier alpha value is -2.88. The highest BCUT2D eigenvalue weighted by Gasteiger charge is 2.34. The van der Waals surface area contributed by atoms with Gasteiger partial charge < -0.3 is 4.90 Å². The maximum Gasteiger partial charge on any atom is 0.254 e. The second-order valence-corrected chi connectivity index (χ2v) is 8.10. The summed E-state index contributed by atoms with van der Waals surface area (Å²) in [7, 11) is 0. The van der Waals surface area contributed by atoms with Gasteiger partial charge in [0.1, 0.15) is 0 Å². The van der Waals surface area contributed by atoms with Crippen LogP contribution in [0.4, 0.5) is 0 Å². The van der Waals surface area contributed by atoms with Gasteiger partial charge in [-0.15, -0.1) is 0 Å². The topological polar surface area (TPSA) is 38.1 Å². The minimum absolute atomic E-state index is 0.234. The van der Waals surface area contributed by atoms with Crippen molar-refractivity contribution >= 4 is 5.91 Å². The van der Waals surface area contributed by atoms with Gasteiger partial charge in [-0.1, -0.05) is 31.0 Å². The molecular weight excluding hydrogens is 346 g/mol. The van der Waals surface area contributed by atoms with E-state index in [0.29, 0.717) is 6.04 Å². The van der Waals surface area contributed by atoms with E-state index in [1.54, 1.807) is 6.20 Å². The number of carbonyl (C=O) groups excluding carboxylic acids is 1. The normalized spacial score (nSPS) is 16.8. The summed E-state index contributed by atoms with van der Waals surface area (Å²) in [4.78, 5) is 15.1. The first-order valence-corrected chi connectivity index (χ1v) is 10.2. The molecule has 0 saturated heterocycles. The molecule has 2 heterocycles. The molecule has 0 unspecified atom stereocenters. The number of benzene rings is 2. The molecule has 0 N–H and O–H groups in total. The van der Waals surface area contributed by atoms with Crippen LogP contribution < -0.4 is 0 Å². The van der Waals surface area contributed by atoms with Crippen LogP contribution in [0.25, 0.3) is 5.69 Å². The van der Waals surface area contributed by atoms with Crippen molar-refractivity contribution in [1.29, 1.82) is 0 Å². The number of rotatable bonds is 4. The number of nitrogens with zero attached hydrogens (tertiary/aromatic N) is 3. The molecule has 142 valence electrons. The Kier molecular flexibility index (Phi) is 4.27. The lowest BCUT2D eigenvalue weighted by Gasteiger charge is -2.23. The second-order valence-electron chi connectivity index (χ2n) is 8.10. The predicted octanol–water partition coefficient (Wildman–Crippen LogP) is 4.67. The summed E-state index contributed by atoms with van der Waals surface area (Å²) in [5.41, 5.74) is 6.94. The monoisotopic (exact) mass is 371 g/mol. The van der Waals surface area contributed by atoms with Crippen molar-refractivity contribution in [2.24, 2.45) is 0 Å². The van der Waals surface area contributed by atoms with E-state index in [0.717, 1.165) is 37.1 Å². The number of amides is 1. The zero-order valence-electron chi connectivity index (χ0n) is 16.3. The zero-order valence-corrected chi connectivity index (χ0v) is 16.3. The van der Waals surface area contributed by atoms with Gasteiger partial charge in [0, 0.05) is 30.5 Å². The van der Waals surface area contributed by atoms with Gasteiger partial charge in [-0.25, -0.2) is 4.68 Å². The molecule has 28 heavy (non-hydrogen) atoms. The van der Waals surface area contributed by atoms with E-state index in [4.69, 9.17) is 0 Å². The van der Waals surface area contributed by atoms with Crippen molar-refractivity contribution in [2.45, 2.75) is 51.6 Å². The molecule has 1 aliphatic carbocycles. The third-order valence-electron chi connectivity index (χ3n) is 6.26. The summed E-state index contributed by atoms with van der Waals surface area (Å²) in [6.07, 6.45) is 9.40. The zero-order chi connectivity index (χ0) is 19.1. The fourth-order valence-corrected chi connectivity index (χ4v) is 4.66. The van der Waals surface area contributed by atoms with Crippen LogP contribution in [0.5, 0.6) is 0 Å². The van der Waals surface area contributed by atoms with E-state index in [1.807, 2.05) is 16.9 Å². The minimum Gasteiger partial charge on any atom is -0.331 e. The molecule has 5 rings (SSSR count). The Balaban J connectivity index is 1.38. The van der Waals surface area contributed by atoms with E-state index in [2.05, 4.69) is 53.3 Å². The molecule has 4 heteroatoms. The highest BCUT2D eigenvalue weighted by molar-refractivity contribution is 5.99. The van der Waals surface area contributed by atoms with Crippen LogP contribution in [0.1, 0.15) is 58.3 Å². The van der Waals surface area contributed by atoms with Gasteiger partial charge >= 0.3 is 0 Å². The largest absolute Gasteiger partial charge is 0.331 e. The van der Waals surface area contributed by atoms with Gasteiger partial charge in [-0.3, -0.25) is 4.79 Å². The Morgan fingerprint density at radius 2 is 1.89 bits per heavy atom. The lowest BCUT2D eigenvalue weighted by atomic mass is 9.95. The van der Waals surface area contributed by atoms with E-state index in [1.165, 1.54) is 35.1 Å². The molecule has 0 bridgehead atoms. The summed E-state index contributed by atoms with van der Waals surface area (Å²) in [5, 5.41) is 4.28. The molecule has 2 aliphatic rings. The van der Waals surface area contributed by atoms with Gasteiger partial charge in [0.2, 0.25) is 0 Å². The number of hydrogen-bond donors (Lipinski definition) is 0. The first kappa shape index (κ1) is 17.2. The van der Waals surface area contributed by atoms with Crippen LogP contribution in [0.2, 0.25) is 0 Å². The summed E-state index contributed by atoms with van der Waals surface area (Å²) in [6.45, 7) is 2.95. The third-order valence-corrected chi connectivity index (χ3v) is 6.26. The first-order valence-electron chi connectivity index (χ1n) is 10.2. The van der Waals surface area contributed by atoms with Crippen molar-refractivity contribution in [2.75, 3.05) is 0 Å². The van der Waals surface area contributed by atoms with Gasteiger partial charge in [0.15, 0.2) is 0 Å². The van der Waals surface area contributed by atoms with Crippen molar-refractivity contribution in [3.63, 3.8) is 0 Å². The second kappa shape index (κ2) is 6.93. The number of carbonyl (C=O) groups is 1. The third kappa shape index (κ3) is 3.03. The number of fused-ring (bicyclic) bond motifs is 1. The summed E-state index contributed by atoms with van der Waals surface area (Å²) < 4.78 is 1.86. The van der Waals surface area contributed by atoms with Crippen molar-refractivity contribution in [3.05, 3.63) is 82.7 Å². The van der Waals surface area contributed by atoms with Crippen molar-refractivity contribution < 1.29 is 4.79 Å². The maximum atomic E-state index is 13.0. The molecule has 0 atom stereocenters. The van der Waals surface area contributed by atoms with E-state index in [9.17, 15) is 4.79 Å². The molecule has 3 aromatic rings. The fraction of sp³-hybridized carbons (Fsp3) is 0.333. The molecule has 0 spiro atoms. The molecule has 4 nitrogen and oxygen atoms in total. The van der Waals surface area contributed by atoms with Crippen LogP contribution in [-0.4, -0.2) is 26.6 Å². The molecule has 1 amide bonds. The number of hydrogen-bond acceptors (Lipinski definition) is 2. The van der Waals surface area contributed by atoms with Gasteiger partial charge in [-0.2, -0.15) is 5.10 Å². The summed E-state index contributed by atoms with van der Waals surface area (Å²) >= 11 is 0. The Bertz CT molecular complexity index is 999. The van der Waals surface area contributed by atoms with Crippen LogP contribution >= 0.6 is 0 Å². The predicted molar refractivity (Wildman–Crippen MR) is 110 cm³/mol. The van der Waals surface area contributed by atoms with E-state index < -0.39 is 0 Å². The number of aromatic nitrogens is 2. The molecule has 2 aromatic carbocycles. The average molecular weight is 371 g/mol. The Labute approximate surface area is 165 Å². The van der Waals surface area contributed by atoms with Crippen LogP contribution in [0.3, 0.4) is 0 Å². The van der Waals surface area contributed by atoms with Crippen molar-refractivity contribution in [3.8, 4) is 5.69 Å². The molecule has 1 saturated carbocycles. The SMILES string of the molecule is Cc1cc2c(cc1Cc1ccc(-n3cccn3)cc1)C(=O)N(C1CCCC1)C2. The number of aryl methyl sites for hydroxylation is 1. The summed E-state index contributed by atoms with van der Waals surface area (Å²) in [5.74, 6) is 0.234. The molecule has 1 fully saturated rings. The fourth-order valence-electron chi connectivity index (χ4n) is 4.66. The molecule has 1 aromatic heterocycles. The van der Waals surface area contributed by atoms with E-state index in [-0.39, 0.29) is 5.91 Å². The van der Waals surface area contributed by atoms with E-state index >= 15 is 0 Å². The van der Waals surface area contributed by atoms with Crippen LogP contribution in [-0.2, 0) is 13.0 Å². The smallest absolute Gasteiger partial charge is 0.254 e. The molecule has 0 radical (unpaired) electrons. The summed E-state index contributed by atoms with van der Waals surface area (Å²) in [6, 6.07) is 15.2. The highest BCUT2D eigenvalue weighted by Crippen LogP contribution is 2.33. The Morgan fingerprint density at radius 3 is 2.61 bits per heavy atom. The minimum atomic E-state index is 0.234. The molecular formula is C24H25N3O. The van der Waals surface area contributed by atoms with Crippen LogP contribution in [0.15, 0.2) is 54.9 Å². The van der Waals surface area contributed by atoms with Crippen molar-refractivity contribution in [1.82, 2.24) is 14.7 Å². The molecule has 1 aliphatic heterocycles. The maximum absolute atomic E-state index is 13.0. The van der Waals surface area contributed by atoms with Gasteiger partial charge in [-0.05, 0) is 72.7 Å². The average Bonchev–Trinajstić information content (AvgIpc) is 3.45. The quantitative estimate of drug-likeness (QED) is 0.668. The lowest BCUT2D eigenvalue weighted by molar-refractivity contribution is 0.0707. The first-order chi connectivity index (χ1) is 13.7. The standard InChI is InChI=1S/C24H25N3O/c1-17-13-20-16-26(21-5-2-3-6-21)24(28)23(20)15-19(17)14-18-7-9-22(10-8-18)27-12-4-11-25-27/h4,7-13,15,21H,2-3,5-6,14,16H2,1H3. The Morgan fingerprint density at radius 1 is 1.11 bits per heavy atom. The van der Waals surface area contributed by atoms with Gasteiger partial charge in [0.05, 0.1) is 5.69 Å². The van der Waals surface area contributed by atoms with Gasteiger partial charge in [0.25, 0.3) is 5.91 Å². The lowest BCUT2D eigenvalue weighted by Crippen LogP contribution is -2.33. The van der Waals surface area contributed by atoms with Crippen LogP contribution in [0, 0.1) is 6.92 Å².